The number of ether oxygens (including phenoxy) is 1. The second-order valence-corrected chi connectivity index (χ2v) is 5.58. The number of hydrogen-bond acceptors (Lipinski definition) is 2. The molecule has 0 heterocycles. The highest BCUT2D eigenvalue weighted by Gasteiger charge is 2.18. The summed E-state index contributed by atoms with van der Waals surface area (Å²) < 4.78 is 6.14. The molecular formula is C14H20BrCl2NO2. The van der Waals surface area contributed by atoms with Crippen LogP contribution in [-0.2, 0) is 4.74 Å². The van der Waals surface area contributed by atoms with Gasteiger partial charge in [0.25, 0.3) is 0 Å². The molecule has 0 saturated heterocycles. The molecule has 0 atom stereocenters. The summed E-state index contributed by atoms with van der Waals surface area (Å²) in [5.41, 5.74) is 0.355. The van der Waals surface area contributed by atoms with Crippen LogP contribution in [0.4, 0.5) is 0 Å². The SMILES string of the molecule is CC[N+](C)(CC)CCOC(=O)c1ccc(Cl)cc1Cl.[Br-]. The molecule has 0 spiro atoms. The zero-order valence-corrected chi connectivity index (χ0v) is 15.1. The summed E-state index contributed by atoms with van der Waals surface area (Å²) in [5.74, 6) is -0.402. The lowest BCUT2D eigenvalue weighted by molar-refractivity contribution is -0.906. The van der Waals surface area contributed by atoms with Gasteiger partial charge in [-0.1, -0.05) is 23.2 Å². The van der Waals surface area contributed by atoms with Gasteiger partial charge in [-0.15, -0.1) is 0 Å². The fraction of sp³-hybridized carbons (Fsp3) is 0.500. The third-order valence-corrected chi connectivity index (χ3v) is 4.09. The summed E-state index contributed by atoms with van der Waals surface area (Å²) in [5, 5.41) is 0.823. The van der Waals surface area contributed by atoms with Gasteiger partial charge in [0.15, 0.2) is 0 Å². The van der Waals surface area contributed by atoms with Crippen LogP contribution < -0.4 is 17.0 Å². The zero-order chi connectivity index (χ0) is 14.5. The number of rotatable bonds is 6. The number of hydrogen-bond donors (Lipinski definition) is 0. The first-order valence-electron chi connectivity index (χ1n) is 6.37. The van der Waals surface area contributed by atoms with Gasteiger partial charge in [-0.25, -0.2) is 4.79 Å². The van der Waals surface area contributed by atoms with Crippen LogP contribution >= 0.6 is 23.2 Å². The lowest BCUT2D eigenvalue weighted by Gasteiger charge is -2.31. The first-order chi connectivity index (χ1) is 8.91. The van der Waals surface area contributed by atoms with E-state index in [9.17, 15) is 4.79 Å². The number of carbonyl (C=O) groups is 1. The van der Waals surface area contributed by atoms with Gasteiger partial charge in [-0.05, 0) is 32.0 Å². The Labute approximate surface area is 141 Å². The molecule has 0 unspecified atom stereocenters. The summed E-state index contributed by atoms with van der Waals surface area (Å²) in [6, 6.07) is 4.75. The average Bonchev–Trinajstić information content (AvgIpc) is 2.38. The minimum absolute atomic E-state index is 0. The summed E-state index contributed by atoms with van der Waals surface area (Å²) in [6.45, 7) is 7.45. The van der Waals surface area contributed by atoms with E-state index in [1.54, 1.807) is 12.1 Å². The molecule has 0 aliphatic carbocycles. The van der Waals surface area contributed by atoms with Gasteiger partial charge in [0.1, 0.15) is 13.2 Å². The normalized spacial score (nSPS) is 10.8. The number of halogens is 3. The van der Waals surface area contributed by atoms with E-state index in [0.717, 1.165) is 24.1 Å². The van der Waals surface area contributed by atoms with Crippen molar-refractivity contribution in [3.63, 3.8) is 0 Å². The van der Waals surface area contributed by atoms with Crippen molar-refractivity contribution in [2.24, 2.45) is 0 Å². The highest BCUT2D eigenvalue weighted by molar-refractivity contribution is 6.36. The maximum absolute atomic E-state index is 11.9. The van der Waals surface area contributed by atoms with Crippen molar-refractivity contribution in [2.45, 2.75) is 13.8 Å². The number of carbonyl (C=O) groups excluding carboxylic acids is 1. The second kappa shape index (κ2) is 8.88. The maximum atomic E-state index is 11.9. The van der Waals surface area contributed by atoms with Gasteiger partial charge in [-0.2, -0.15) is 0 Å². The Bertz CT molecular complexity index is 451. The number of quaternary nitrogens is 1. The summed E-state index contributed by atoms with van der Waals surface area (Å²) >= 11 is 11.7. The average molecular weight is 385 g/mol. The summed E-state index contributed by atoms with van der Waals surface area (Å²) in [6.07, 6.45) is 0. The first kappa shape index (κ1) is 19.7. The number of benzene rings is 1. The Morgan fingerprint density at radius 3 is 2.35 bits per heavy atom. The molecular weight excluding hydrogens is 365 g/mol. The summed E-state index contributed by atoms with van der Waals surface area (Å²) in [4.78, 5) is 11.9. The quantitative estimate of drug-likeness (QED) is 0.531. The number of likely N-dealkylation sites (N-methyl/N-ethyl adjacent to an activating group) is 1. The highest BCUT2D eigenvalue weighted by Crippen LogP contribution is 2.21. The van der Waals surface area contributed by atoms with Gasteiger partial charge < -0.3 is 26.2 Å². The van der Waals surface area contributed by atoms with E-state index in [-0.39, 0.29) is 17.0 Å². The van der Waals surface area contributed by atoms with Crippen LogP contribution in [0.1, 0.15) is 24.2 Å². The van der Waals surface area contributed by atoms with Crippen LogP contribution in [0.2, 0.25) is 10.0 Å². The van der Waals surface area contributed by atoms with E-state index in [0.29, 0.717) is 22.2 Å². The van der Waals surface area contributed by atoms with Crippen LogP contribution in [-0.4, -0.2) is 43.7 Å². The lowest BCUT2D eigenvalue weighted by Crippen LogP contribution is -3.00. The van der Waals surface area contributed by atoms with Crippen LogP contribution in [0.3, 0.4) is 0 Å². The molecule has 20 heavy (non-hydrogen) atoms. The molecule has 0 radical (unpaired) electrons. The van der Waals surface area contributed by atoms with Crippen molar-refractivity contribution in [3.8, 4) is 0 Å². The molecule has 0 N–H and O–H groups in total. The molecule has 0 fully saturated rings. The third kappa shape index (κ3) is 5.60. The fourth-order valence-corrected chi connectivity index (χ4v) is 2.12. The van der Waals surface area contributed by atoms with Gasteiger partial charge in [-0.3, -0.25) is 0 Å². The van der Waals surface area contributed by atoms with E-state index in [1.807, 2.05) is 0 Å². The van der Waals surface area contributed by atoms with Crippen molar-refractivity contribution < 1.29 is 31.0 Å². The molecule has 0 aliphatic heterocycles. The van der Waals surface area contributed by atoms with Crippen molar-refractivity contribution >= 4 is 29.2 Å². The van der Waals surface area contributed by atoms with E-state index in [2.05, 4.69) is 20.9 Å². The van der Waals surface area contributed by atoms with Crippen LogP contribution in [0.5, 0.6) is 0 Å². The molecule has 0 aliphatic rings. The van der Waals surface area contributed by atoms with Gasteiger partial charge in [0.2, 0.25) is 0 Å². The van der Waals surface area contributed by atoms with Crippen molar-refractivity contribution in [3.05, 3.63) is 33.8 Å². The van der Waals surface area contributed by atoms with E-state index in [1.165, 1.54) is 6.07 Å². The first-order valence-corrected chi connectivity index (χ1v) is 7.13. The monoisotopic (exact) mass is 383 g/mol. The van der Waals surface area contributed by atoms with Gasteiger partial charge in [0, 0.05) is 5.02 Å². The maximum Gasteiger partial charge on any atom is 0.339 e. The predicted octanol–water partition coefficient (Wildman–Crippen LogP) is 0.641. The largest absolute Gasteiger partial charge is 1.00 e. The minimum Gasteiger partial charge on any atom is -1.00 e. The van der Waals surface area contributed by atoms with E-state index < -0.39 is 5.97 Å². The van der Waals surface area contributed by atoms with Crippen molar-refractivity contribution in [1.82, 2.24) is 0 Å². The molecule has 0 saturated carbocycles. The fourth-order valence-electron chi connectivity index (χ4n) is 1.63. The third-order valence-electron chi connectivity index (χ3n) is 3.54. The Morgan fingerprint density at radius 2 is 1.85 bits per heavy atom. The standard InChI is InChI=1S/C14H20Cl2NO2.BrH/c1-4-17(3,5-2)8-9-19-14(18)12-7-6-11(15)10-13(12)16;/h6-7,10H,4-5,8-9H2,1-3H3;1H/q+1;/p-1. The van der Waals surface area contributed by atoms with Gasteiger partial charge in [0.05, 0.1) is 30.7 Å². The predicted molar refractivity (Wildman–Crippen MR) is 78.9 cm³/mol. The number of nitrogens with zero attached hydrogens (tertiary/aromatic N) is 1. The Kier molecular flexibility index (Phi) is 8.75. The molecule has 0 aromatic heterocycles. The van der Waals surface area contributed by atoms with Gasteiger partial charge >= 0.3 is 5.97 Å². The Balaban J connectivity index is 0.00000361. The lowest BCUT2D eigenvalue weighted by atomic mass is 10.2. The zero-order valence-electron chi connectivity index (χ0n) is 12.0. The van der Waals surface area contributed by atoms with Crippen LogP contribution in [0.25, 0.3) is 0 Å². The molecule has 1 aromatic carbocycles. The summed E-state index contributed by atoms with van der Waals surface area (Å²) in [7, 11) is 2.14. The Hall–Kier alpha value is -0.290. The molecule has 0 amide bonds. The van der Waals surface area contributed by atoms with Crippen LogP contribution in [0.15, 0.2) is 18.2 Å². The van der Waals surface area contributed by atoms with E-state index >= 15 is 0 Å². The molecule has 1 aromatic rings. The molecule has 114 valence electrons. The van der Waals surface area contributed by atoms with Crippen molar-refractivity contribution in [1.29, 1.82) is 0 Å². The minimum atomic E-state index is -0.402. The highest BCUT2D eigenvalue weighted by atomic mass is 79.9. The molecule has 6 heteroatoms. The molecule has 3 nitrogen and oxygen atoms in total. The molecule has 1 rings (SSSR count). The van der Waals surface area contributed by atoms with Crippen LogP contribution in [0, 0.1) is 0 Å². The van der Waals surface area contributed by atoms with E-state index in [4.69, 9.17) is 27.9 Å². The molecule has 0 bridgehead atoms. The smallest absolute Gasteiger partial charge is 0.339 e. The van der Waals surface area contributed by atoms with Crippen molar-refractivity contribution in [2.75, 3.05) is 33.3 Å². The Morgan fingerprint density at radius 1 is 1.25 bits per heavy atom. The second-order valence-electron chi connectivity index (χ2n) is 4.74. The number of esters is 1. The topological polar surface area (TPSA) is 26.3 Å².